The summed E-state index contributed by atoms with van der Waals surface area (Å²) >= 11 is 1.42. The van der Waals surface area contributed by atoms with E-state index in [9.17, 15) is 9.59 Å². The van der Waals surface area contributed by atoms with Gasteiger partial charge in [0.2, 0.25) is 5.91 Å². The van der Waals surface area contributed by atoms with Gasteiger partial charge in [-0.1, -0.05) is 43.8 Å². The first-order chi connectivity index (χ1) is 15.5. The van der Waals surface area contributed by atoms with Crippen LogP contribution in [0.4, 0.5) is 5.69 Å². The normalized spacial score (nSPS) is 13.2. The summed E-state index contributed by atoms with van der Waals surface area (Å²) in [5.74, 6) is 1.60. The Morgan fingerprint density at radius 1 is 1.09 bits per heavy atom. The first-order valence-corrected chi connectivity index (χ1v) is 12.1. The van der Waals surface area contributed by atoms with Gasteiger partial charge in [-0.25, -0.2) is 0 Å². The number of benzene rings is 2. The molecular weight excluding hydrogens is 420 g/mol. The molecule has 0 atom stereocenters. The number of nitrogens with zero attached hydrogens (tertiary/aromatic N) is 3. The highest BCUT2D eigenvalue weighted by Gasteiger charge is 2.31. The summed E-state index contributed by atoms with van der Waals surface area (Å²) in [6.07, 6.45) is 3.92. The molecule has 1 saturated carbocycles. The summed E-state index contributed by atoms with van der Waals surface area (Å²) in [6.45, 7) is 5.67. The third-order valence-electron chi connectivity index (χ3n) is 5.62. The second kappa shape index (κ2) is 9.69. The predicted molar refractivity (Wildman–Crippen MR) is 128 cm³/mol. The van der Waals surface area contributed by atoms with E-state index in [0.29, 0.717) is 16.8 Å². The molecule has 1 N–H and O–H groups in total. The average molecular weight is 449 g/mol. The fourth-order valence-corrected chi connectivity index (χ4v) is 4.61. The largest absolute Gasteiger partial charge is 0.326 e. The van der Waals surface area contributed by atoms with Gasteiger partial charge < -0.3 is 5.32 Å². The molecule has 0 saturated heterocycles. The molecule has 3 aromatic rings. The molecule has 7 heteroatoms. The topological polar surface area (TPSA) is 76.9 Å². The number of hydrogen-bond acceptors (Lipinski definition) is 5. The van der Waals surface area contributed by atoms with E-state index in [1.807, 2.05) is 34.9 Å². The van der Waals surface area contributed by atoms with E-state index >= 15 is 0 Å². The van der Waals surface area contributed by atoms with E-state index in [1.165, 1.54) is 24.2 Å². The number of aromatic nitrogens is 3. The fourth-order valence-electron chi connectivity index (χ4n) is 3.77. The smallest absolute Gasteiger partial charge is 0.221 e. The number of nitrogens with one attached hydrogen (secondary N) is 1. The van der Waals surface area contributed by atoms with E-state index in [1.54, 1.807) is 0 Å². The average Bonchev–Trinajstić information content (AvgIpc) is 3.55. The molecule has 0 aliphatic heterocycles. The van der Waals surface area contributed by atoms with Gasteiger partial charge in [-0.2, -0.15) is 0 Å². The number of rotatable bonds is 9. The maximum atomic E-state index is 13.1. The summed E-state index contributed by atoms with van der Waals surface area (Å²) in [5.41, 5.74) is 4.67. The van der Waals surface area contributed by atoms with Crippen LogP contribution in [0.1, 0.15) is 66.8 Å². The number of amides is 1. The van der Waals surface area contributed by atoms with Crippen LogP contribution in [0, 0.1) is 0 Å². The van der Waals surface area contributed by atoms with Crippen molar-refractivity contribution in [2.45, 2.75) is 57.5 Å². The number of thioether (sulfide) groups is 1. The lowest BCUT2D eigenvalue weighted by Gasteiger charge is -2.12. The lowest BCUT2D eigenvalue weighted by atomic mass is 9.98. The molecule has 1 aliphatic carbocycles. The summed E-state index contributed by atoms with van der Waals surface area (Å²) in [5, 5.41) is 12.4. The van der Waals surface area contributed by atoms with Crippen molar-refractivity contribution in [2.24, 2.45) is 0 Å². The minimum Gasteiger partial charge on any atom is -0.326 e. The second-order valence-corrected chi connectivity index (χ2v) is 9.03. The van der Waals surface area contributed by atoms with Crippen LogP contribution in [0.3, 0.4) is 0 Å². The molecule has 1 fully saturated rings. The van der Waals surface area contributed by atoms with E-state index in [2.05, 4.69) is 41.5 Å². The summed E-state index contributed by atoms with van der Waals surface area (Å²) in [4.78, 5) is 24.6. The zero-order chi connectivity index (χ0) is 22.7. The van der Waals surface area contributed by atoms with Crippen molar-refractivity contribution in [1.29, 1.82) is 0 Å². The second-order valence-electron chi connectivity index (χ2n) is 8.09. The highest BCUT2D eigenvalue weighted by Crippen LogP contribution is 2.41. The van der Waals surface area contributed by atoms with Crippen molar-refractivity contribution < 1.29 is 9.59 Å². The molecule has 0 bridgehead atoms. The number of anilines is 1. The number of Topliss-reactive ketones (excluding diaryl/α,β-unsaturated/α-hetero) is 1. The summed E-state index contributed by atoms with van der Waals surface area (Å²) in [6, 6.07) is 13.9. The van der Waals surface area contributed by atoms with E-state index in [-0.39, 0.29) is 11.7 Å². The number of aryl methyl sites for hydroxylation is 2. The number of hydrogen-bond donors (Lipinski definition) is 1. The fraction of sp³-hybridized carbons (Fsp3) is 0.360. The molecule has 2 aromatic carbocycles. The number of carbonyl (C=O) groups is 2. The van der Waals surface area contributed by atoms with Gasteiger partial charge in [-0.05, 0) is 61.1 Å². The molecule has 1 heterocycles. The zero-order valence-electron chi connectivity index (χ0n) is 18.7. The highest BCUT2D eigenvalue weighted by molar-refractivity contribution is 7.99. The highest BCUT2D eigenvalue weighted by atomic mass is 32.2. The Bertz CT molecular complexity index is 1150. The minimum atomic E-state index is -0.116. The molecule has 0 spiro atoms. The maximum absolute atomic E-state index is 13.1. The molecular formula is C25H28N4O2S. The Morgan fingerprint density at radius 3 is 2.59 bits per heavy atom. The lowest BCUT2D eigenvalue weighted by molar-refractivity contribution is -0.114. The van der Waals surface area contributed by atoms with E-state index in [4.69, 9.17) is 0 Å². The van der Waals surface area contributed by atoms with Gasteiger partial charge in [0, 0.05) is 24.1 Å². The molecule has 1 aliphatic rings. The van der Waals surface area contributed by atoms with E-state index in [0.717, 1.165) is 54.0 Å². The van der Waals surface area contributed by atoms with Crippen LogP contribution in [0.15, 0.2) is 47.6 Å². The van der Waals surface area contributed by atoms with Gasteiger partial charge >= 0.3 is 0 Å². The van der Waals surface area contributed by atoms with Gasteiger partial charge in [0.15, 0.2) is 10.9 Å². The quantitative estimate of drug-likeness (QED) is 0.359. The predicted octanol–water partition coefficient (Wildman–Crippen LogP) is 5.20. The van der Waals surface area contributed by atoms with Gasteiger partial charge in [-0.3, -0.25) is 14.2 Å². The lowest BCUT2D eigenvalue weighted by Crippen LogP contribution is -2.09. The SMILES string of the molecule is CCc1ccc(CC)c(C(=O)CSc2nnc(C3CC3)n2-c2cccc(NC(C)=O)c2)c1. The van der Waals surface area contributed by atoms with Crippen molar-refractivity contribution in [1.82, 2.24) is 14.8 Å². The molecule has 32 heavy (non-hydrogen) atoms. The molecule has 1 amide bonds. The Morgan fingerprint density at radius 2 is 1.91 bits per heavy atom. The van der Waals surface area contributed by atoms with Crippen molar-refractivity contribution in [3.8, 4) is 5.69 Å². The minimum absolute atomic E-state index is 0.108. The molecule has 1 aromatic heterocycles. The van der Waals surface area contributed by atoms with E-state index < -0.39 is 0 Å². The molecule has 0 unspecified atom stereocenters. The number of carbonyl (C=O) groups excluding carboxylic acids is 2. The van der Waals surface area contributed by atoms with Gasteiger partial charge in [0.25, 0.3) is 0 Å². The first kappa shape index (κ1) is 22.3. The Hall–Kier alpha value is -2.93. The Balaban J connectivity index is 1.61. The Kier molecular flexibility index (Phi) is 6.74. The molecule has 6 nitrogen and oxygen atoms in total. The van der Waals surface area contributed by atoms with Crippen LogP contribution in [-0.2, 0) is 17.6 Å². The maximum Gasteiger partial charge on any atom is 0.221 e. The van der Waals surface area contributed by atoms with Crippen molar-refractivity contribution >= 4 is 29.1 Å². The van der Waals surface area contributed by atoms with Crippen LogP contribution in [0.25, 0.3) is 5.69 Å². The summed E-state index contributed by atoms with van der Waals surface area (Å²) < 4.78 is 2.03. The number of ketones is 1. The molecule has 166 valence electrons. The third kappa shape index (κ3) is 4.93. The van der Waals surface area contributed by atoms with Crippen LogP contribution < -0.4 is 5.32 Å². The van der Waals surface area contributed by atoms with Crippen molar-refractivity contribution in [3.05, 3.63) is 65.0 Å². The van der Waals surface area contributed by atoms with Gasteiger partial charge in [0.1, 0.15) is 5.82 Å². The van der Waals surface area contributed by atoms with Crippen molar-refractivity contribution in [2.75, 3.05) is 11.1 Å². The first-order valence-electron chi connectivity index (χ1n) is 11.1. The van der Waals surface area contributed by atoms with Crippen LogP contribution in [-0.4, -0.2) is 32.2 Å². The van der Waals surface area contributed by atoms with Crippen LogP contribution in [0.2, 0.25) is 0 Å². The monoisotopic (exact) mass is 448 g/mol. The van der Waals surface area contributed by atoms with Crippen LogP contribution >= 0.6 is 11.8 Å². The molecule has 4 rings (SSSR count). The van der Waals surface area contributed by atoms with Gasteiger partial charge in [-0.15, -0.1) is 10.2 Å². The molecule has 0 radical (unpaired) electrons. The van der Waals surface area contributed by atoms with Crippen LogP contribution in [0.5, 0.6) is 0 Å². The zero-order valence-corrected chi connectivity index (χ0v) is 19.5. The van der Waals surface area contributed by atoms with Gasteiger partial charge in [0.05, 0.1) is 11.4 Å². The third-order valence-corrected chi connectivity index (χ3v) is 6.55. The van der Waals surface area contributed by atoms with Crippen molar-refractivity contribution in [3.63, 3.8) is 0 Å². The summed E-state index contributed by atoms with van der Waals surface area (Å²) in [7, 11) is 0. The standard InChI is InChI=1S/C25H28N4O2S/c1-4-17-9-10-18(5-2)22(13-17)23(31)15-32-25-28-27-24(19-11-12-19)29(25)21-8-6-7-20(14-21)26-16(3)30/h6-10,13-14,19H,4-5,11-12,15H2,1-3H3,(H,26,30). The Labute approximate surface area is 192 Å².